The zero-order chi connectivity index (χ0) is 17.1. The van der Waals surface area contributed by atoms with E-state index in [2.05, 4.69) is 18.8 Å². The van der Waals surface area contributed by atoms with Crippen LogP contribution in [0.5, 0.6) is 0 Å². The van der Waals surface area contributed by atoms with Gasteiger partial charge in [0.1, 0.15) is 0 Å². The number of hydrogen-bond acceptors (Lipinski definition) is 2. The molecule has 0 aliphatic carbocycles. The van der Waals surface area contributed by atoms with Crippen molar-refractivity contribution in [1.82, 2.24) is 14.6 Å². The summed E-state index contributed by atoms with van der Waals surface area (Å²) in [6.45, 7) is 4.36. The predicted octanol–water partition coefficient (Wildman–Crippen LogP) is 6.00. The van der Waals surface area contributed by atoms with Crippen molar-refractivity contribution in [3.05, 3.63) is 51.8 Å². The summed E-state index contributed by atoms with van der Waals surface area (Å²) in [5, 5.41) is 6.06. The molecule has 3 rings (SSSR count). The molecule has 0 N–H and O–H groups in total. The molecular formula is C19H21Cl2N3. The first kappa shape index (κ1) is 17.2. The number of aromatic nitrogens is 3. The van der Waals surface area contributed by atoms with Crippen LogP contribution in [0.1, 0.15) is 44.4 Å². The second-order valence-electron chi connectivity index (χ2n) is 5.93. The maximum absolute atomic E-state index is 6.40. The number of nitrogens with zero attached hydrogens (tertiary/aromatic N) is 3. The van der Waals surface area contributed by atoms with E-state index < -0.39 is 0 Å². The molecule has 0 spiro atoms. The van der Waals surface area contributed by atoms with Crippen molar-refractivity contribution in [2.24, 2.45) is 0 Å². The molecule has 0 unspecified atom stereocenters. The highest BCUT2D eigenvalue weighted by Crippen LogP contribution is 2.31. The van der Waals surface area contributed by atoms with Crippen molar-refractivity contribution in [3.63, 3.8) is 0 Å². The lowest BCUT2D eigenvalue weighted by Crippen LogP contribution is -1.97. The van der Waals surface area contributed by atoms with E-state index in [1.807, 2.05) is 28.9 Å². The van der Waals surface area contributed by atoms with E-state index in [0.717, 1.165) is 35.4 Å². The predicted molar refractivity (Wildman–Crippen MR) is 101 cm³/mol. The van der Waals surface area contributed by atoms with Gasteiger partial charge in [0.15, 0.2) is 5.65 Å². The third-order valence-corrected chi connectivity index (χ3v) is 4.82. The van der Waals surface area contributed by atoms with Crippen LogP contribution in [0.2, 0.25) is 10.0 Å². The highest BCUT2D eigenvalue weighted by atomic mass is 35.5. The second-order valence-corrected chi connectivity index (χ2v) is 6.77. The number of halogens is 2. The Morgan fingerprint density at radius 3 is 2.62 bits per heavy atom. The maximum atomic E-state index is 6.40. The summed E-state index contributed by atoms with van der Waals surface area (Å²) < 4.78 is 1.93. The van der Waals surface area contributed by atoms with Crippen molar-refractivity contribution in [2.75, 3.05) is 0 Å². The van der Waals surface area contributed by atoms with Crippen LogP contribution >= 0.6 is 23.2 Å². The van der Waals surface area contributed by atoms with Crippen LogP contribution in [0.4, 0.5) is 0 Å². The summed E-state index contributed by atoms with van der Waals surface area (Å²) in [5.41, 5.74) is 5.18. The van der Waals surface area contributed by atoms with Gasteiger partial charge in [-0.15, -0.1) is 0 Å². The molecule has 2 heterocycles. The summed E-state index contributed by atoms with van der Waals surface area (Å²) in [5.74, 6) is 0. The first-order valence-corrected chi connectivity index (χ1v) is 9.22. The smallest absolute Gasteiger partial charge is 0.159 e. The standard InChI is InChI=1S/C19H21Cl2N3/c1-3-5-6-7-15-17(4-2)23-24-18(10-11-22-19(15)24)14-9-8-13(20)12-16(14)21/h8-12H,3-7H2,1-2H3. The van der Waals surface area contributed by atoms with E-state index in [1.54, 1.807) is 6.07 Å². The molecule has 0 saturated carbocycles. The third kappa shape index (κ3) is 3.28. The molecule has 3 nitrogen and oxygen atoms in total. The molecule has 0 saturated heterocycles. The number of rotatable bonds is 6. The fraction of sp³-hybridized carbons (Fsp3) is 0.368. The molecule has 2 aromatic heterocycles. The van der Waals surface area contributed by atoms with Gasteiger partial charge in [-0.1, -0.05) is 49.9 Å². The highest BCUT2D eigenvalue weighted by molar-refractivity contribution is 6.36. The lowest BCUT2D eigenvalue weighted by Gasteiger charge is -2.07. The molecule has 0 atom stereocenters. The van der Waals surface area contributed by atoms with Gasteiger partial charge in [0.05, 0.1) is 16.4 Å². The SMILES string of the molecule is CCCCCc1c(CC)nn2c(-c3ccc(Cl)cc3Cl)ccnc12. The summed E-state index contributed by atoms with van der Waals surface area (Å²) in [6.07, 6.45) is 7.35. The number of aryl methyl sites for hydroxylation is 2. The van der Waals surface area contributed by atoms with E-state index in [0.29, 0.717) is 10.0 Å². The Kier molecular flexibility index (Phi) is 5.42. The Labute approximate surface area is 152 Å². The Hall–Kier alpha value is -1.58. The normalized spacial score (nSPS) is 11.3. The van der Waals surface area contributed by atoms with Gasteiger partial charge in [-0.3, -0.25) is 0 Å². The Balaban J connectivity index is 2.13. The third-order valence-electron chi connectivity index (χ3n) is 4.27. The van der Waals surface area contributed by atoms with E-state index in [4.69, 9.17) is 28.3 Å². The quantitative estimate of drug-likeness (QED) is 0.504. The molecule has 0 radical (unpaired) electrons. The number of fused-ring (bicyclic) bond motifs is 1. The number of benzene rings is 1. The number of unbranched alkanes of at least 4 members (excludes halogenated alkanes) is 2. The Morgan fingerprint density at radius 2 is 1.92 bits per heavy atom. The molecule has 126 valence electrons. The largest absolute Gasteiger partial charge is 0.237 e. The van der Waals surface area contributed by atoms with Crippen molar-refractivity contribution in [2.45, 2.75) is 46.0 Å². The Morgan fingerprint density at radius 1 is 1.08 bits per heavy atom. The van der Waals surface area contributed by atoms with Crippen LogP contribution in [0.25, 0.3) is 16.9 Å². The minimum atomic E-state index is 0.621. The van der Waals surface area contributed by atoms with E-state index >= 15 is 0 Å². The zero-order valence-corrected chi connectivity index (χ0v) is 15.5. The highest BCUT2D eigenvalue weighted by Gasteiger charge is 2.16. The van der Waals surface area contributed by atoms with Gasteiger partial charge in [-0.25, -0.2) is 9.50 Å². The van der Waals surface area contributed by atoms with Crippen LogP contribution in [0, 0.1) is 0 Å². The monoisotopic (exact) mass is 361 g/mol. The average Bonchev–Trinajstić information content (AvgIpc) is 2.93. The molecule has 5 heteroatoms. The molecule has 0 fully saturated rings. The molecule has 0 bridgehead atoms. The first-order valence-electron chi connectivity index (χ1n) is 8.46. The topological polar surface area (TPSA) is 30.2 Å². The van der Waals surface area contributed by atoms with E-state index in [-0.39, 0.29) is 0 Å². The van der Waals surface area contributed by atoms with Gasteiger partial charge in [-0.2, -0.15) is 5.10 Å². The minimum Gasteiger partial charge on any atom is -0.237 e. The van der Waals surface area contributed by atoms with Gasteiger partial charge in [0, 0.05) is 22.3 Å². The first-order chi connectivity index (χ1) is 11.7. The van der Waals surface area contributed by atoms with Crippen molar-refractivity contribution >= 4 is 28.8 Å². The van der Waals surface area contributed by atoms with Crippen molar-refractivity contribution in [1.29, 1.82) is 0 Å². The van der Waals surface area contributed by atoms with Crippen molar-refractivity contribution in [3.8, 4) is 11.3 Å². The molecule has 24 heavy (non-hydrogen) atoms. The molecule has 3 aromatic rings. The van der Waals surface area contributed by atoms with Crippen LogP contribution < -0.4 is 0 Å². The average molecular weight is 362 g/mol. The van der Waals surface area contributed by atoms with Crippen LogP contribution in [-0.4, -0.2) is 14.6 Å². The zero-order valence-electron chi connectivity index (χ0n) is 14.0. The van der Waals surface area contributed by atoms with Crippen LogP contribution in [0.15, 0.2) is 30.5 Å². The molecule has 0 amide bonds. The minimum absolute atomic E-state index is 0.621. The Bertz CT molecular complexity index is 855. The fourth-order valence-corrected chi connectivity index (χ4v) is 3.53. The second kappa shape index (κ2) is 7.54. The lowest BCUT2D eigenvalue weighted by molar-refractivity contribution is 0.715. The summed E-state index contributed by atoms with van der Waals surface area (Å²) in [7, 11) is 0. The van der Waals surface area contributed by atoms with Crippen molar-refractivity contribution < 1.29 is 0 Å². The summed E-state index contributed by atoms with van der Waals surface area (Å²) in [4.78, 5) is 4.59. The molecule has 1 aromatic carbocycles. The molecule has 0 aliphatic rings. The molecular weight excluding hydrogens is 341 g/mol. The van der Waals surface area contributed by atoms with Gasteiger partial charge in [0.25, 0.3) is 0 Å². The van der Waals surface area contributed by atoms with E-state index in [1.165, 1.54) is 24.8 Å². The van der Waals surface area contributed by atoms with Gasteiger partial charge >= 0.3 is 0 Å². The van der Waals surface area contributed by atoms with E-state index in [9.17, 15) is 0 Å². The van der Waals surface area contributed by atoms with Gasteiger partial charge in [0.2, 0.25) is 0 Å². The fourth-order valence-electron chi connectivity index (χ4n) is 3.03. The van der Waals surface area contributed by atoms with Gasteiger partial charge < -0.3 is 0 Å². The maximum Gasteiger partial charge on any atom is 0.159 e. The van der Waals surface area contributed by atoms with Crippen LogP contribution in [-0.2, 0) is 12.8 Å². The molecule has 0 aliphatic heterocycles. The van der Waals surface area contributed by atoms with Gasteiger partial charge in [-0.05, 0) is 43.5 Å². The number of hydrogen-bond donors (Lipinski definition) is 0. The lowest BCUT2D eigenvalue weighted by atomic mass is 10.1. The summed E-state index contributed by atoms with van der Waals surface area (Å²) in [6, 6.07) is 7.49. The van der Waals surface area contributed by atoms with Crippen LogP contribution in [0.3, 0.4) is 0 Å². The summed E-state index contributed by atoms with van der Waals surface area (Å²) >= 11 is 12.4.